The lowest BCUT2D eigenvalue weighted by atomic mass is 10.2. The van der Waals surface area contributed by atoms with E-state index in [9.17, 15) is 4.79 Å². The Labute approximate surface area is 187 Å². The van der Waals surface area contributed by atoms with Crippen molar-refractivity contribution in [2.75, 3.05) is 17.6 Å². The van der Waals surface area contributed by atoms with Crippen molar-refractivity contribution in [3.63, 3.8) is 0 Å². The SMILES string of the molecule is O=C(c1ccc(Cl)cc1Cl)N1CCS/C1=C/c1csc(NCc2ccccc2)n1. The molecule has 0 saturated carbocycles. The summed E-state index contributed by atoms with van der Waals surface area (Å²) in [6.07, 6.45) is 1.95. The summed E-state index contributed by atoms with van der Waals surface area (Å²) in [5, 5.41) is 7.92. The number of nitrogens with zero attached hydrogens (tertiary/aromatic N) is 2. The summed E-state index contributed by atoms with van der Waals surface area (Å²) >= 11 is 15.4. The topological polar surface area (TPSA) is 45.2 Å². The van der Waals surface area contributed by atoms with Gasteiger partial charge in [-0.15, -0.1) is 23.1 Å². The van der Waals surface area contributed by atoms with Crippen molar-refractivity contribution in [3.8, 4) is 0 Å². The van der Waals surface area contributed by atoms with Gasteiger partial charge in [-0.05, 0) is 29.8 Å². The van der Waals surface area contributed by atoms with E-state index in [0.717, 1.165) is 28.2 Å². The molecule has 1 fully saturated rings. The van der Waals surface area contributed by atoms with Crippen LogP contribution in [0, 0.1) is 0 Å². The number of amides is 1. The second-order valence-corrected chi connectivity index (χ2v) is 9.15. The highest BCUT2D eigenvalue weighted by Gasteiger charge is 2.27. The minimum absolute atomic E-state index is 0.124. The zero-order valence-corrected chi connectivity index (χ0v) is 18.4. The summed E-state index contributed by atoms with van der Waals surface area (Å²) in [6, 6.07) is 15.1. The number of thiazole rings is 1. The van der Waals surface area contributed by atoms with Crippen LogP contribution in [-0.4, -0.2) is 28.1 Å². The van der Waals surface area contributed by atoms with Crippen molar-refractivity contribution in [3.05, 3.63) is 85.8 Å². The van der Waals surface area contributed by atoms with Gasteiger partial charge in [0.2, 0.25) is 0 Å². The highest BCUT2D eigenvalue weighted by Crippen LogP contribution is 2.33. The molecule has 1 saturated heterocycles. The van der Waals surface area contributed by atoms with E-state index in [1.807, 2.05) is 29.7 Å². The molecule has 3 aromatic rings. The molecule has 0 radical (unpaired) electrons. The third kappa shape index (κ3) is 4.95. The lowest BCUT2D eigenvalue weighted by Gasteiger charge is -2.17. The quantitative estimate of drug-likeness (QED) is 0.487. The number of halogens is 2. The maximum atomic E-state index is 13.0. The number of anilines is 1. The standard InChI is InChI=1S/C21H17Cl2N3OS2/c22-15-6-7-17(18(23)10-15)20(27)26-8-9-28-19(26)11-16-13-29-21(25-16)24-12-14-4-2-1-3-5-14/h1-7,10-11,13H,8-9,12H2,(H,24,25)/b19-11+. The Balaban J connectivity index is 1.47. The lowest BCUT2D eigenvalue weighted by Crippen LogP contribution is -2.27. The molecule has 1 N–H and O–H groups in total. The summed E-state index contributed by atoms with van der Waals surface area (Å²) in [6.45, 7) is 1.36. The van der Waals surface area contributed by atoms with Crippen LogP contribution in [0.5, 0.6) is 0 Å². The van der Waals surface area contributed by atoms with Crippen LogP contribution in [0.3, 0.4) is 0 Å². The summed E-state index contributed by atoms with van der Waals surface area (Å²) in [5.41, 5.74) is 2.48. The molecular weight excluding hydrogens is 445 g/mol. The van der Waals surface area contributed by atoms with Crippen LogP contribution >= 0.6 is 46.3 Å². The Morgan fingerprint density at radius 1 is 1.21 bits per heavy atom. The number of rotatable bonds is 5. The molecule has 4 nitrogen and oxygen atoms in total. The first kappa shape index (κ1) is 20.3. The van der Waals surface area contributed by atoms with Gasteiger partial charge in [0.15, 0.2) is 5.13 Å². The number of aromatic nitrogens is 1. The third-order valence-electron chi connectivity index (χ3n) is 4.32. The molecule has 1 aromatic heterocycles. The van der Waals surface area contributed by atoms with Crippen LogP contribution < -0.4 is 5.32 Å². The predicted molar refractivity (Wildman–Crippen MR) is 124 cm³/mol. The van der Waals surface area contributed by atoms with Gasteiger partial charge in [-0.1, -0.05) is 53.5 Å². The fourth-order valence-electron chi connectivity index (χ4n) is 2.89. The molecule has 0 atom stereocenters. The minimum atomic E-state index is -0.124. The van der Waals surface area contributed by atoms with Crippen LogP contribution in [-0.2, 0) is 6.54 Å². The second-order valence-electron chi connectivity index (χ2n) is 6.33. The van der Waals surface area contributed by atoms with Crippen molar-refractivity contribution in [1.29, 1.82) is 0 Å². The van der Waals surface area contributed by atoms with Gasteiger partial charge in [-0.25, -0.2) is 4.98 Å². The fourth-order valence-corrected chi connectivity index (χ4v) is 5.07. The molecule has 8 heteroatoms. The van der Waals surface area contributed by atoms with E-state index in [1.54, 1.807) is 46.2 Å². The van der Waals surface area contributed by atoms with Gasteiger partial charge in [0.1, 0.15) is 0 Å². The average molecular weight is 462 g/mol. The highest BCUT2D eigenvalue weighted by molar-refractivity contribution is 8.03. The Morgan fingerprint density at radius 2 is 2.03 bits per heavy atom. The maximum Gasteiger partial charge on any atom is 0.260 e. The number of hydrogen-bond donors (Lipinski definition) is 1. The molecule has 2 heterocycles. The van der Waals surface area contributed by atoms with Crippen molar-refractivity contribution in [1.82, 2.24) is 9.88 Å². The van der Waals surface area contributed by atoms with Gasteiger partial charge >= 0.3 is 0 Å². The number of nitrogens with one attached hydrogen (secondary N) is 1. The molecule has 29 heavy (non-hydrogen) atoms. The number of carbonyl (C=O) groups excluding carboxylic acids is 1. The lowest BCUT2D eigenvalue weighted by molar-refractivity contribution is 0.0831. The molecule has 1 aliphatic heterocycles. The monoisotopic (exact) mass is 461 g/mol. The maximum absolute atomic E-state index is 13.0. The van der Waals surface area contributed by atoms with E-state index in [0.29, 0.717) is 22.2 Å². The zero-order valence-electron chi connectivity index (χ0n) is 15.3. The van der Waals surface area contributed by atoms with E-state index in [4.69, 9.17) is 23.2 Å². The van der Waals surface area contributed by atoms with E-state index in [1.165, 1.54) is 5.56 Å². The first-order valence-corrected chi connectivity index (χ1v) is 11.6. The molecule has 1 amide bonds. The molecule has 148 valence electrons. The van der Waals surface area contributed by atoms with E-state index in [-0.39, 0.29) is 5.91 Å². The van der Waals surface area contributed by atoms with Gasteiger partial charge in [-0.2, -0.15) is 0 Å². The van der Waals surface area contributed by atoms with Crippen LogP contribution in [0.1, 0.15) is 21.6 Å². The summed E-state index contributed by atoms with van der Waals surface area (Å²) in [4.78, 5) is 19.3. The molecule has 0 bridgehead atoms. The molecule has 0 unspecified atom stereocenters. The summed E-state index contributed by atoms with van der Waals surface area (Å²) < 4.78 is 0. The van der Waals surface area contributed by atoms with Crippen molar-refractivity contribution in [2.24, 2.45) is 0 Å². The van der Waals surface area contributed by atoms with Gasteiger partial charge in [-0.3, -0.25) is 4.79 Å². The number of carbonyl (C=O) groups is 1. The van der Waals surface area contributed by atoms with E-state index < -0.39 is 0 Å². The molecular formula is C21H17Cl2N3OS2. The Kier molecular flexibility index (Phi) is 6.45. The Morgan fingerprint density at radius 3 is 2.83 bits per heavy atom. The van der Waals surface area contributed by atoms with Crippen LogP contribution in [0.25, 0.3) is 6.08 Å². The van der Waals surface area contributed by atoms with Crippen LogP contribution in [0.2, 0.25) is 10.0 Å². The second kappa shape index (κ2) is 9.22. The third-order valence-corrected chi connectivity index (χ3v) is 6.70. The number of benzene rings is 2. The zero-order chi connectivity index (χ0) is 20.2. The average Bonchev–Trinajstić information content (AvgIpc) is 3.36. The van der Waals surface area contributed by atoms with Crippen molar-refractivity contribution < 1.29 is 4.79 Å². The molecule has 1 aliphatic rings. The fraction of sp³-hybridized carbons (Fsp3) is 0.143. The van der Waals surface area contributed by atoms with Gasteiger partial charge in [0.25, 0.3) is 5.91 Å². The largest absolute Gasteiger partial charge is 0.357 e. The first-order valence-electron chi connectivity index (χ1n) is 8.95. The van der Waals surface area contributed by atoms with Crippen LogP contribution in [0.15, 0.2) is 58.9 Å². The Bertz CT molecular complexity index is 1050. The smallest absolute Gasteiger partial charge is 0.260 e. The molecule has 0 spiro atoms. The number of hydrogen-bond acceptors (Lipinski definition) is 5. The molecule has 4 rings (SSSR count). The first-order chi connectivity index (χ1) is 14.1. The van der Waals surface area contributed by atoms with Crippen molar-refractivity contribution in [2.45, 2.75) is 6.54 Å². The number of thioether (sulfide) groups is 1. The van der Waals surface area contributed by atoms with E-state index >= 15 is 0 Å². The highest BCUT2D eigenvalue weighted by atomic mass is 35.5. The van der Waals surface area contributed by atoms with Gasteiger partial charge < -0.3 is 10.2 Å². The van der Waals surface area contributed by atoms with E-state index in [2.05, 4.69) is 22.4 Å². The normalized spacial score (nSPS) is 15.1. The minimum Gasteiger partial charge on any atom is -0.357 e. The van der Waals surface area contributed by atoms with Gasteiger partial charge in [0.05, 0.1) is 21.3 Å². The summed E-state index contributed by atoms with van der Waals surface area (Å²) in [5.74, 6) is 0.715. The van der Waals surface area contributed by atoms with Crippen LogP contribution in [0.4, 0.5) is 5.13 Å². The molecule has 2 aromatic carbocycles. The summed E-state index contributed by atoms with van der Waals surface area (Å²) in [7, 11) is 0. The Hall–Kier alpha value is -1.99. The van der Waals surface area contributed by atoms with Crippen molar-refractivity contribution >= 4 is 63.4 Å². The predicted octanol–water partition coefficient (Wildman–Crippen LogP) is 6.25. The molecule has 0 aliphatic carbocycles. The van der Waals surface area contributed by atoms with Gasteiger partial charge in [0, 0.05) is 29.2 Å².